The van der Waals surface area contributed by atoms with Gasteiger partial charge in [-0.2, -0.15) is 0 Å². The average Bonchev–Trinajstić information content (AvgIpc) is 2.84. The molecule has 1 atom stereocenters. The molecule has 1 saturated heterocycles. The van der Waals surface area contributed by atoms with Gasteiger partial charge in [-0.25, -0.2) is 4.98 Å². The van der Waals surface area contributed by atoms with Crippen molar-refractivity contribution in [3.63, 3.8) is 0 Å². The van der Waals surface area contributed by atoms with Gasteiger partial charge < -0.3 is 9.47 Å². The number of aromatic nitrogens is 2. The molecule has 1 aromatic heterocycles. The molecule has 3 nitrogen and oxygen atoms in total. The van der Waals surface area contributed by atoms with Crippen LogP contribution in [0.2, 0.25) is 0 Å². The van der Waals surface area contributed by atoms with Gasteiger partial charge in [0, 0.05) is 24.9 Å². The molecule has 0 N–H and O–H groups in total. The van der Waals surface area contributed by atoms with Crippen LogP contribution < -0.4 is 0 Å². The van der Waals surface area contributed by atoms with Gasteiger partial charge in [0.2, 0.25) is 0 Å². The molecule has 1 fully saturated rings. The molecule has 3 heterocycles. The van der Waals surface area contributed by atoms with Crippen LogP contribution in [-0.4, -0.2) is 34.6 Å². The zero-order valence-corrected chi connectivity index (χ0v) is 13.3. The number of nitrogens with zero attached hydrogens (tertiary/aromatic N) is 3. The van der Waals surface area contributed by atoms with Gasteiger partial charge in [-0.3, -0.25) is 0 Å². The minimum absolute atomic E-state index is 0.802. The number of imidazole rings is 1. The van der Waals surface area contributed by atoms with E-state index in [4.69, 9.17) is 4.98 Å². The van der Waals surface area contributed by atoms with Crippen molar-refractivity contribution < 1.29 is 0 Å². The molecule has 2 aliphatic heterocycles. The standard InChI is InChI=1S/C17H29N3/c1-13(2)15-6-9-20-16(11-15)12-18-17(20)10-14-4-7-19(3)8-5-14/h12-15H,4-11H2,1-3H3. The fourth-order valence-corrected chi connectivity index (χ4v) is 3.81. The molecule has 112 valence electrons. The number of hydrogen-bond donors (Lipinski definition) is 0. The zero-order valence-electron chi connectivity index (χ0n) is 13.3. The molecule has 0 saturated carbocycles. The summed E-state index contributed by atoms with van der Waals surface area (Å²) in [6.45, 7) is 8.42. The zero-order chi connectivity index (χ0) is 14.1. The second kappa shape index (κ2) is 5.88. The molecule has 2 aliphatic rings. The van der Waals surface area contributed by atoms with Crippen LogP contribution in [0.3, 0.4) is 0 Å². The van der Waals surface area contributed by atoms with Gasteiger partial charge in [0.15, 0.2) is 0 Å². The van der Waals surface area contributed by atoms with Gasteiger partial charge in [-0.05, 0) is 63.6 Å². The van der Waals surface area contributed by atoms with E-state index in [0.717, 1.165) is 17.8 Å². The summed E-state index contributed by atoms with van der Waals surface area (Å²) < 4.78 is 2.52. The van der Waals surface area contributed by atoms with Crippen molar-refractivity contribution in [3.05, 3.63) is 17.7 Å². The predicted molar refractivity (Wildman–Crippen MR) is 82.8 cm³/mol. The predicted octanol–water partition coefficient (Wildman–Crippen LogP) is 2.99. The number of rotatable bonds is 3. The van der Waals surface area contributed by atoms with Crippen molar-refractivity contribution in [2.24, 2.45) is 17.8 Å². The number of likely N-dealkylation sites (tertiary alicyclic amines) is 1. The third kappa shape index (κ3) is 2.93. The first kappa shape index (κ1) is 14.1. The maximum atomic E-state index is 4.75. The number of fused-ring (bicyclic) bond motifs is 1. The lowest BCUT2D eigenvalue weighted by Gasteiger charge is -2.30. The summed E-state index contributed by atoms with van der Waals surface area (Å²) in [5, 5.41) is 0. The minimum atomic E-state index is 0.802. The number of piperidine rings is 1. The summed E-state index contributed by atoms with van der Waals surface area (Å²) >= 11 is 0. The second-order valence-electron chi connectivity index (χ2n) is 7.27. The Hall–Kier alpha value is -0.830. The Bertz CT molecular complexity index is 441. The Morgan fingerprint density at radius 1 is 1.20 bits per heavy atom. The summed E-state index contributed by atoms with van der Waals surface area (Å²) in [7, 11) is 2.24. The van der Waals surface area contributed by atoms with E-state index in [-0.39, 0.29) is 0 Å². The molecule has 1 aromatic rings. The highest BCUT2D eigenvalue weighted by molar-refractivity contribution is 5.10. The van der Waals surface area contributed by atoms with Crippen LogP contribution in [0.1, 0.15) is 44.6 Å². The molecule has 0 aromatic carbocycles. The lowest BCUT2D eigenvalue weighted by atomic mass is 9.86. The van der Waals surface area contributed by atoms with Crippen LogP contribution in [0, 0.1) is 17.8 Å². The Labute approximate surface area is 123 Å². The fraction of sp³-hybridized carbons (Fsp3) is 0.824. The molecule has 1 unspecified atom stereocenters. The largest absolute Gasteiger partial charge is 0.332 e. The van der Waals surface area contributed by atoms with Crippen LogP contribution in [0.4, 0.5) is 0 Å². The summed E-state index contributed by atoms with van der Waals surface area (Å²) in [5.74, 6) is 3.86. The molecule has 0 bridgehead atoms. The van der Waals surface area contributed by atoms with E-state index in [0.29, 0.717) is 0 Å². The third-order valence-corrected chi connectivity index (χ3v) is 5.47. The Morgan fingerprint density at radius 3 is 2.65 bits per heavy atom. The first-order chi connectivity index (χ1) is 9.63. The summed E-state index contributed by atoms with van der Waals surface area (Å²) in [6, 6.07) is 0. The van der Waals surface area contributed by atoms with Gasteiger partial charge in [0.1, 0.15) is 5.82 Å². The Kier molecular flexibility index (Phi) is 4.16. The van der Waals surface area contributed by atoms with Crippen LogP contribution >= 0.6 is 0 Å². The van der Waals surface area contributed by atoms with E-state index in [1.807, 2.05) is 0 Å². The fourth-order valence-electron chi connectivity index (χ4n) is 3.81. The quantitative estimate of drug-likeness (QED) is 0.845. The maximum Gasteiger partial charge on any atom is 0.109 e. The summed E-state index contributed by atoms with van der Waals surface area (Å²) in [6.07, 6.45) is 8.60. The normalized spacial score (nSPS) is 25.1. The molecule has 0 aliphatic carbocycles. The van der Waals surface area contributed by atoms with Crippen molar-refractivity contribution in [1.82, 2.24) is 14.5 Å². The van der Waals surface area contributed by atoms with Crippen LogP contribution in [0.25, 0.3) is 0 Å². The molecular formula is C17H29N3. The first-order valence-electron chi connectivity index (χ1n) is 8.35. The SMILES string of the molecule is CC(C)C1CCn2c(cnc2CC2CCN(C)CC2)C1. The van der Waals surface area contributed by atoms with Gasteiger partial charge in [-0.15, -0.1) is 0 Å². The van der Waals surface area contributed by atoms with E-state index >= 15 is 0 Å². The lowest BCUT2D eigenvalue weighted by Crippen LogP contribution is -2.31. The van der Waals surface area contributed by atoms with Crippen LogP contribution in [0.15, 0.2) is 6.20 Å². The van der Waals surface area contributed by atoms with Crippen molar-refractivity contribution in [2.45, 2.75) is 52.5 Å². The highest BCUT2D eigenvalue weighted by Crippen LogP contribution is 2.29. The number of hydrogen-bond acceptors (Lipinski definition) is 2. The molecule has 3 rings (SSSR count). The molecular weight excluding hydrogens is 246 g/mol. The van der Waals surface area contributed by atoms with Gasteiger partial charge in [-0.1, -0.05) is 13.8 Å². The molecule has 0 radical (unpaired) electrons. The Morgan fingerprint density at radius 2 is 1.95 bits per heavy atom. The molecule has 0 amide bonds. The minimum Gasteiger partial charge on any atom is -0.332 e. The lowest BCUT2D eigenvalue weighted by molar-refractivity contribution is 0.215. The molecule has 3 heteroatoms. The summed E-state index contributed by atoms with van der Waals surface area (Å²) in [5.41, 5.74) is 1.48. The van der Waals surface area contributed by atoms with Crippen molar-refractivity contribution in [2.75, 3.05) is 20.1 Å². The second-order valence-corrected chi connectivity index (χ2v) is 7.27. The maximum absolute atomic E-state index is 4.75. The summed E-state index contributed by atoms with van der Waals surface area (Å²) in [4.78, 5) is 7.20. The van der Waals surface area contributed by atoms with Gasteiger partial charge >= 0.3 is 0 Å². The van der Waals surface area contributed by atoms with Crippen molar-refractivity contribution in [3.8, 4) is 0 Å². The molecule has 0 spiro atoms. The van der Waals surface area contributed by atoms with E-state index < -0.39 is 0 Å². The van der Waals surface area contributed by atoms with Gasteiger partial charge in [0.25, 0.3) is 0 Å². The van der Waals surface area contributed by atoms with Crippen molar-refractivity contribution >= 4 is 0 Å². The first-order valence-corrected chi connectivity index (χ1v) is 8.35. The third-order valence-electron chi connectivity index (χ3n) is 5.47. The van der Waals surface area contributed by atoms with E-state index in [1.54, 1.807) is 0 Å². The van der Waals surface area contributed by atoms with Crippen molar-refractivity contribution in [1.29, 1.82) is 0 Å². The monoisotopic (exact) mass is 275 g/mol. The van der Waals surface area contributed by atoms with Gasteiger partial charge in [0.05, 0.1) is 0 Å². The van der Waals surface area contributed by atoms with E-state index in [2.05, 4.69) is 36.6 Å². The smallest absolute Gasteiger partial charge is 0.109 e. The highest BCUT2D eigenvalue weighted by Gasteiger charge is 2.25. The highest BCUT2D eigenvalue weighted by atomic mass is 15.1. The van der Waals surface area contributed by atoms with E-state index in [1.165, 1.54) is 63.3 Å². The molecule has 20 heavy (non-hydrogen) atoms. The van der Waals surface area contributed by atoms with Crippen LogP contribution in [0.5, 0.6) is 0 Å². The van der Waals surface area contributed by atoms with Crippen LogP contribution in [-0.2, 0) is 19.4 Å². The Balaban J connectivity index is 1.65. The van der Waals surface area contributed by atoms with E-state index in [9.17, 15) is 0 Å². The topological polar surface area (TPSA) is 21.1 Å². The average molecular weight is 275 g/mol.